The molecule has 0 unspecified atom stereocenters. The zero-order valence-corrected chi connectivity index (χ0v) is 20.9. The number of ether oxygens (including phenoxy) is 3. The van der Waals surface area contributed by atoms with Crippen molar-refractivity contribution in [1.29, 1.82) is 5.41 Å². The molecule has 182 valence electrons. The lowest BCUT2D eigenvalue weighted by atomic mass is 10.1. The van der Waals surface area contributed by atoms with Gasteiger partial charge in [-0.25, -0.2) is 0 Å². The Hall–Kier alpha value is -3.43. The summed E-state index contributed by atoms with van der Waals surface area (Å²) in [6.07, 6.45) is 2.38. The number of carbonyl (C=O) groups excluding carboxylic acids is 1. The molecule has 0 saturated carbocycles. The first-order chi connectivity index (χ1) is 16.9. The fourth-order valence-electron chi connectivity index (χ4n) is 3.34. The van der Waals surface area contributed by atoms with Gasteiger partial charge in [0, 0.05) is 0 Å². The summed E-state index contributed by atoms with van der Waals surface area (Å²) in [5, 5.41) is 15.4. The summed E-state index contributed by atoms with van der Waals surface area (Å²) in [5.41, 5.74) is 3.43. The van der Waals surface area contributed by atoms with Crippen molar-refractivity contribution in [3.63, 3.8) is 0 Å². The molecule has 0 bridgehead atoms. The van der Waals surface area contributed by atoms with Gasteiger partial charge in [-0.05, 0) is 79.1 Å². The second kappa shape index (κ2) is 11.3. The number of hydrazone groups is 1. The van der Waals surface area contributed by atoms with Gasteiger partial charge < -0.3 is 14.2 Å². The molecule has 1 amide bonds. The molecular formula is C26H28N4O4S. The molecule has 0 radical (unpaired) electrons. The molecule has 0 spiro atoms. The number of aliphatic imine (C=N–C) groups is 1. The van der Waals surface area contributed by atoms with Crippen LogP contribution >= 0.6 is 11.8 Å². The summed E-state index contributed by atoms with van der Waals surface area (Å²) in [6, 6.07) is 13.3. The van der Waals surface area contributed by atoms with E-state index in [-0.39, 0.29) is 11.4 Å². The number of hydrogen-bond donors (Lipinski definition) is 1. The Labute approximate surface area is 209 Å². The maximum absolute atomic E-state index is 12.4. The van der Waals surface area contributed by atoms with Gasteiger partial charge in [0.2, 0.25) is 5.17 Å². The summed E-state index contributed by atoms with van der Waals surface area (Å²) in [6.45, 7) is 7.93. The number of fused-ring (bicyclic) bond motifs is 1. The Balaban J connectivity index is 1.21. The largest absolute Gasteiger partial charge is 0.491 e. The van der Waals surface area contributed by atoms with Crippen LogP contribution in [0.1, 0.15) is 30.0 Å². The number of rotatable bonds is 10. The first-order valence-electron chi connectivity index (χ1n) is 11.4. The predicted molar refractivity (Wildman–Crippen MR) is 139 cm³/mol. The Morgan fingerprint density at radius 1 is 0.971 bits per heavy atom. The second-order valence-electron chi connectivity index (χ2n) is 7.99. The lowest BCUT2D eigenvalue weighted by Crippen LogP contribution is -2.35. The fraction of sp³-hybridized carbons (Fsp3) is 0.308. The van der Waals surface area contributed by atoms with E-state index < -0.39 is 5.91 Å². The van der Waals surface area contributed by atoms with Crippen LogP contribution < -0.4 is 9.47 Å². The number of amidine groups is 2. The van der Waals surface area contributed by atoms with E-state index in [1.165, 1.54) is 27.9 Å². The third kappa shape index (κ3) is 6.17. The van der Waals surface area contributed by atoms with Gasteiger partial charge in [0.15, 0.2) is 5.84 Å². The quantitative estimate of drug-likeness (QED) is 0.378. The minimum absolute atomic E-state index is 0.0370. The smallest absolute Gasteiger partial charge is 0.283 e. The molecule has 2 aliphatic rings. The van der Waals surface area contributed by atoms with E-state index >= 15 is 0 Å². The summed E-state index contributed by atoms with van der Waals surface area (Å²) in [5.74, 6) is 1.15. The van der Waals surface area contributed by atoms with E-state index in [2.05, 4.69) is 23.9 Å². The standard InChI is InChI=1S/C26H28N4O4S/c1-4-23-29-30-24(27)22(25(31)28-26(30)35-23)16-19-6-9-20(10-7-19)33-13-11-32-12-14-34-21-8-5-17(2)18(3)15-21/h5-10,15-16,27H,4,11-14H2,1-3H3. The first-order valence-corrected chi connectivity index (χ1v) is 12.3. The Bertz CT molecular complexity index is 1200. The van der Waals surface area contributed by atoms with E-state index in [9.17, 15) is 4.79 Å². The van der Waals surface area contributed by atoms with Crippen molar-refractivity contribution in [2.45, 2.75) is 27.2 Å². The SMILES string of the molecule is CCC1=NN2C(=N)C(=Cc3ccc(OCCOCCOc4ccc(C)c(C)c4)cc3)C(=O)N=C2S1. The van der Waals surface area contributed by atoms with E-state index in [0.717, 1.165) is 22.8 Å². The molecule has 9 heteroatoms. The van der Waals surface area contributed by atoms with Gasteiger partial charge in [-0.15, -0.1) is 0 Å². The molecule has 4 rings (SSSR count). The van der Waals surface area contributed by atoms with Crippen molar-refractivity contribution in [3.8, 4) is 11.5 Å². The number of carbonyl (C=O) groups is 1. The van der Waals surface area contributed by atoms with Crippen LogP contribution in [-0.4, -0.2) is 53.4 Å². The monoisotopic (exact) mass is 492 g/mol. The summed E-state index contributed by atoms with van der Waals surface area (Å²) in [7, 11) is 0. The van der Waals surface area contributed by atoms with Crippen molar-refractivity contribution in [3.05, 3.63) is 64.7 Å². The van der Waals surface area contributed by atoms with Crippen LogP contribution in [0.2, 0.25) is 0 Å². The average Bonchev–Trinajstić information content (AvgIpc) is 3.27. The number of nitrogens with zero attached hydrogens (tertiary/aromatic N) is 3. The number of aryl methyl sites for hydroxylation is 2. The molecule has 0 aromatic heterocycles. The van der Waals surface area contributed by atoms with E-state index in [1.54, 1.807) is 6.08 Å². The van der Waals surface area contributed by atoms with Crippen LogP contribution in [-0.2, 0) is 9.53 Å². The Kier molecular flexibility index (Phi) is 7.99. The van der Waals surface area contributed by atoms with Gasteiger partial charge in [-0.3, -0.25) is 10.2 Å². The first kappa shape index (κ1) is 24.7. The lowest BCUT2D eigenvalue weighted by Gasteiger charge is -2.20. The number of thioether (sulfide) groups is 1. The van der Waals surface area contributed by atoms with Crippen molar-refractivity contribution in [2.24, 2.45) is 10.1 Å². The molecule has 2 heterocycles. The van der Waals surface area contributed by atoms with Gasteiger partial charge in [0.25, 0.3) is 5.91 Å². The highest BCUT2D eigenvalue weighted by atomic mass is 32.2. The third-order valence-corrected chi connectivity index (χ3v) is 6.51. The molecule has 2 aromatic carbocycles. The molecule has 35 heavy (non-hydrogen) atoms. The number of amides is 1. The zero-order valence-electron chi connectivity index (χ0n) is 20.0. The van der Waals surface area contributed by atoms with E-state index in [0.29, 0.717) is 37.3 Å². The van der Waals surface area contributed by atoms with Crippen LogP contribution in [0, 0.1) is 19.3 Å². The van der Waals surface area contributed by atoms with Crippen molar-refractivity contribution in [1.82, 2.24) is 5.01 Å². The van der Waals surface area contributed by atoms with Gasteiger partial charge in [0.05, 0.1) is 18.8 Å². The maximum Gasteiger partial charge on any atom is 0.283 e. The van der Waals surface area contributed by atoms with E-state index in [4.69, 9.17) is 19.6 Å². The summed E-state index contributed by atoms with van der Waals surface area (Å²) < 4.78 is 17.0. The highest BCUT2D eigenvalue weighted by molar-refractivity contribution is 8.26. The fourth-order valence-corrected chi connectivity index (χ4v) is 4.17. The van der Waals surface area contributed by atoms with Crippen LogP contribution in [0.3, 0.4) is 0 Å². The minimum Gasteiger partial charge on any atom is -0.491 e. The van der Waals surface area contributed by atoms with Crippen molar-refractivity contribution < 1.29 is 19.0 Å². The van der Waals surface area contributed by atoms with Gasteiger partial charge >= 0.3 is 0 Å². The van der Waals surface area contributed by atoms with Gasteiger partial charge in [0.1, 0.15) is 29.8 Å². The normalized spacial score (nSPS) is 16.3. The maximum atomic E-state index is 12.4. The van der Waals surface area contributed by atoms with Crippen molar-refractivity contribution in [2.75, 3.05) is 26.4 Å². The molecule has 0 saturated heterocycles. The molecular weight excluding hydrogens is 464 g/mol. The van der Waals surface area contributed by atoms with Crippen LogP contribution in [0.5, 0.6) is 11.5 Å². The topological polar surface area (TPSA) is 96.6 Å². The van der Waals surface area contributed by atoms with Crippen LogP contribution in [0.4, 0.5) is 0 Å². The summed E-state index contributed by atoms with van der Waals surface area (Å²) >= 11 is 1.33. The number of benzene rings is 2. The molecule has 2 aliphatic heterocycles. The second-order valence-corrected chi connectivity index (χ2v) is 9.03. The van der Waals surface area contributed by atoms with Crippen LogP contribution in [0.25, 0.3) is 6.08 Å². The number of nitrogens with one attached hydrogen (secondary N) is 1. The third-order valence-electron chi connectivity index (χ3n) is 5.46. The van der Waals surface area contributed by atoms with Crippen LogP contribution in [0.15, 0.2) is 58.1 Å². The molecule has 0 atom stereocenters. The molecule has 0 fully saturated rings. The predicted octanol–water partition coefficient (Wildman–Crippen LogP) is 4.81. The Morgan fingerprint density at radius 2 is 1.66 bits per heavy atom. The Morgan fingerprint density at radius 3 is 2.34 bits per heavy atom. The zero-order chi connectivity index (χ0) is 24.8. The molecule has 8 nitrogen and oxygen atoms in total. The van der Waals surface area contributed by atoms with E-state index in [1.807, 2.05) is 49.4 Å². The molecule has 1 N–H and O–H groups in total. The molecule has 0 aliphatic carbocycles. The number of hydrogen-bond acceptors (Lipinski definition) is 7. The highest BCUT2D eigenvalue weighted by Gasteiger charge is 2.35. The highest BCUT2D eigenvalue weighted by Crippen LogP contribution is 2.29. The van der Waals surface area contributed by atoms with Crippen molar-refractivity contribution >= 4 is 39.8 Å². The van der Waals surface area contributed by atoms with Gasteiger partial charge in [-0.1, -0.05) is 25.1 Å². The minimum atomic E-state index is -0.430. The lowest BCUT2D eigenvalue weighted by molar-refractivity contribution is -0.114. The van der Waals surface area contributed by atoms with Gasteiger partial charge in [-0.2, -0.15) is 15.1 Å². The average molecular weight is 493 g/mol. The summed E-state index contributed by atoms with van der Waals surface area (Å²) in [4.78, 5) is 16.5. The molecule has 2 aromatic rings.